The predicted octanol–water partition coefficient (Wildman–Crippen LogP) is 2.46. The van der Waals surface area contributed by atoms with E-state index in [-0.39, 0.29) is 6.61 Å². The molecule has 2 aromatic carbocycles. The number of carbonyl (C=O) groups is 3. The minimum absolute atomic E-state index is 0.389. The van der Waals surface area contributed by atoms with Crippen LogP contribution in [-0.2, 0) is 25.7 Å². The van der Waals surface area contributed by atoms with Gasteiger partial charge in [0, 0.05) is 0 Å². The van der Waals surface area contributed by atoms with Crippen LogP contribution in [0.2, 0.25) is 0 Å². The highest BCUT2D eigenvalue weighted by molar-refractivity contribution is 5.95. The van der Waals surface area contributed by atoms with Crippen molar-refractivity contribution in [2.24, 2.45) is 0 Å². The molecule has 0 aliphatic rings. The van der Waals surface area contributed by atoms with Crippen LogP contribution in [0, 0.1) is 0 Å². The zero-order valence-corrected chi connectivity index (χ0v) is 15.5. The zero-order chi connectivity index (χ0) is 20.4. The number of rotatable bonds is 8. The second kappa shape index (κ2) is 10.6. The fourth-order valence-corrected chi connectivity index (χ4v) is 2.05. The van der Waals surface area contributed by atoms with Gasteiger partial charge in [0.2, 0.25) is 0 Å². The van der Waals surface area contributed by atoms with E-state index in [4.69, 9.17) is 14.2 Å². The van der Waals surface area contributed by atoms with Crippen LogP contribution in [0.25, 0.3) is 0 Å². The lowest BCUT2D eigenvalue weighted by Gasteiger charge is -2.13. The Morgan fingerprint density at radius 3 is 2.14 bits per heavy atom. The zero-order valence-electron chi connectivity index (χ0n) is 15.5. The number of hydrogen-bond acceptors (Lipinski definition) is 7. The number of imide groups is 1. The molecule has 0 saturated heterocycles. The third-order valence-corrected chi connectivity index (χ3v) is 3.52. The third-order valence-electron chi connectivity index (χ3n) is 3.52. The summed E-state index contributed by atoms with van der Waals surface area (Å²) in [4.78, 5) is 34.3. The second-order valence-electron chi connectivity index (χ2n) is 5.65. The summed E-state index contributed by atoms with van der Waals surface area (Å²) in [6.45, 7) is 1.38. The van der Waals surface area contributed by atoms with Gasteiger partial charge in [0.1, 0.15) is 18.1 Å². The maximum absolute atomic E-state index is 11.7. The molecular weight excluding hydrogens is 366 g/mol. The molecule has 2 amide bonds. The van der Waals surface area contributed by atoms with Crippen LogP contribution in [0.4, 0.5) is 4.79 Å². The minimum atomic E-state index is -1.16. The molecule has 0 radical (unpaired) electrons. The maximum Gasteiger partial charge on any atom is 0.413 e. The number of benzene rings is 2. The summed E-state index contributed by atoms with van der Waals surface area (Å²) in [5.74, 6) is -0.445. The van der Waals surface area contributed by atoms with E-state index in [0.717, 1.165) is 12.7 Å². The Bertz CT molecular complexity index is 790. The summed E-state index contributed by atoms with van der Waals surface area (Å²) in [5.41, 5.74) is 1.05. The van der Waals surface area contributed by atoms with Crippen molar-refractivity contribution in [3.8, 4) is 11.5 Å². The van der Waals surface area contributed by atoms with Crippen molar-refractivity contribution in [3.05, 3.63) is 60.2 Å². The standard InChI is InChI=1S/C20H21NO7/c1-14(19(23)21-20(24)25-2)28-18(22)13-27-17-10-8-16(9-11-17)26-12-15-6-4-3-5-7-15/h3-11,14H,12-13H2,1-2H3,(H,21,23,24)/t14-/m1/s1. The normalized spacial score (nSPS) is 11.1. The molecular formula is C20H21NO7. The lowest BCUT2D eigenvalue weighted by Crippen LogP contribution is -2.40. The Kier molecular flexibility index (Phi) is 7.83. The average Bonchev–Trinajstić information content (AvgIpc) is 2.72. The summed E-state index contributed by atoms with van der Waals surface area (Å²) in [7, 11) is 1.12. The van der Waals surface area contributed by atoms with Gasteiger partial charge in [-0.25, -0.2) is 9.59 Å². The number of carbonyl (C=O) groups excluding carboxylic acids is 3. The quantitative estimate of drug-likeness (QED) is 0.695. The molecule has 0 aliphatic carbocycles. The number of amides is 2. The number of methoxy groups -OCH3 is 1. The van der Waals surface area contributed by atoms with E-state index in [2.05, 4.69) is 4.74 Å². The van der Waals surface area contributed by atoms with Gasteiger partial charge in [-0.2, -0.15) is 0 Å². The third kappa shape index (κ3) is 6.99. The molecule has 0 unspecified atom stereocenters. The number of alkyl carbamates (subject to hydrolysis) is 1. The van der Waals surface area contributed by atoms with Crippen molar-refractivity contribution in [1.29, 1.82) is 0 Å². The van der Waals surface area contributed by atoms with E-state index < -0.39 is 24.1 Å². The molecule has 2 aromatic rings. The molecule has 148 valence electrons. The van der Waals surface area contributed by atoms with Crippen LogP contribution >= 0.6 is 0 Å². The first kappa shape index (κ1) is 20.8. The first-order chi connectivity index (χ1) is 13.5. The van der Waals surface area contributed by atoms with E-state index in [1.807, 2.05) is 35.6 Å². The van der Waals surface area contributed by atoms with E-state index in [1.54, 1.807) is 24.3 Å². The van der Waals surface area contributed by atoms with Gasteiger partial charge in [-0.3, -0.25) is 10.1 Å². The van der Waals surface area contributed by atoms with Crippen molar-refractivity contribution >= 4 is 18.0 Å². The summed E-state index contributed by atoms with van der Waals surface area (Å²) in [6.07, 6.45) is -2.09. The Morgan fingerprint density at radius 1 is 0.929 bits per heavy atom. The van der Waals surface area contributed by atoms with Gasteiger partial charge >= 0.3 is 12.1 Å². The van der Waals surface area contributed by atoms with Crippen LogP contribution in [0.1, 0.15) is 12.5 Å². The second-order valence-corrected chi connectivity index (χ2v) is 5.65. The largest absolute Gasteiger partial charge is 0.489 e. The minimum Gasteiger partial charge on any atom is -0.489 e. The maximum atomic E-state index is 11.7. The molecule has 2 rings (SSSR count). The topological polar surface area (TPSA) is 100 Å². The average molecular weight is 387 g/mol. The highest BCUT2D eigenvalue weighted by atomic mass is 16.6. The van der Waals surface area contributed by atoms with E-state index in [9.17, 15) is 14.4 Å². The molecule has 0 bridgehead atoms. The van der Waals surface area contributed by atoms with E-state index >= 15 is 0 Å². The summed E-state index contributed by atoms with van der Waals surface area (Å²) in [5, 5.41) is 1.91. The van der Waals surface area contributed by atoms with Gasteiger partial charge in [-0.05, 0) is 36.8 Å². The first-order valence-corrected chi connectivity index (χ1v) is 8.46. The van der Waals surface area contributed by atoms with Crippen LogP contribution in [0.15, 0.2) is 54.6 Å². The number of nitrogens with one attached hydrogen (secondary N) is 1. The lowest BCUT2D eigenvalue weighted by atomic mass is 10.2. The fraction of sp³-hybridized carbons (Fsp3) is 0.250. The summed E-state index contributed by atoms with van der Waals surface area (Å²) < 4.78 is 20.1. The lowest BCUT2D eigenvalue weighted by molar-refractivity contribution is -0.156. The van der Waals surface area contributed by atoms with Crippen molar-refractivity contribution in [1.82, 2.24) is 5.32 Å². The molecule has 0 saturated carbocycles. The van der Waals surface area contributed by atoms with E-state index in [0.29, 0.717) is 18.1 Å². The van der Waals surface area contributed by atoms with Crippen molar-refractivity contribution < 1.29 is 33.3 Å². The van der Waals surface area contributed by atoms with E-state index in [1.165, 1.54) is 6.92 Å². The van der Waals surface area contributed by atoms with Crippen LogP contribution in [-0.4, -0.2) is 37.8 Å². The SMILES string of the molecule is COC(=O)NC(=O)[C@@H](C)OC(=O)COc1ccc(OCc2ccccc2)cc1. The Balaban J connectivity index is 1.74. The van der Waals surface area contributed by atoms with Crippen LogP contribution in [0.5, 0.6) is 11.5 Å². The number of ether oxygens (including phenoxy) is 4. The first-order valence-electron chi connectivity index (χ1n) is 8.46. The van der Waals surface area contributed by atoms with Crippen LogP contribution in [0.3, 0.4) is 0 Å². The van der Waals surface area contributed by atoms with Crippen LogP contribution < -0.4 is 14.8 Å². The highest BCUT2D eigenvalue weighted by Gasteiger charge is 2.20. The van der Waals surface area contributed by atoms with Crippen molar-refractivity contribution in [3.63, 3.8) is 0 Å². The molecule has 0 aromatic heterocycles. The van der Waals surface area contributed by atoms with Gasteiger partial charge in [0.05, 0.1) is 7.11 Å². The molecule has 28 heavy (non-hydrogen) atoms. The smallest absolute Gasteiger partial charge is 0.413 e. The van der Waals surface area contributed by atoms with Gasteiger partial charge in [0.15, 0.2) is 12.7 Å². The molecule has 0 spiro atoms. The Morgan fingerprint density at radius 2 is 1.54 bits per heavy atom. The Labute approximate surface area is 162 Å². The molecule has 0 heterocycles. The number of hydrogen-bond donors (Lipinski definition) is 1. The monoisotopic (exact) mass is 387 g/mol. The summed E-state index contributed by atoms with van der Waals surface area (Å²) >= 11 is 0. The molecule has 1 N–H and O–H groups in total. The molecule has 1 atom stereocenters. The molecule has 8 heteroatoms. The molecule has 0 fully saturated rings. The highest BCUT2D eigenvalue weighted by Crippen LogP contribution is 2.18. The predicted molar refractivity (Wildman–Crippen MR) is 98.8 cm³/mol. The Hall–Kier alpha value is -3.55. The van der Waals surface area contributed by atoms with Gasteiger partial charge in [0.25, 0.3) is 5.91 Å². The molecule has 8 nitrogen and oxygen atoms in total. The fourth-order valence-electron chi connectivity index (χ4n) is 2.05. The van der Waals surface area contributed by atoms with Crippen molar-refractivity contribution in [2.75, 3.05) is 13.7 Å². The summed E-state index contributed by atoms with van der Waals surface area (Å²) in [6, 6.07) is 16.5. The van der Waals surface area contributed by atoms with Gasteiger partial charge in [-0.1, -0.05) is 30.3 Å². The molecule has 0 aliphatic heterocycles. The number of esters is 1. The van der Waals surface area contributed by atoms with Crippen molar-refractivity contribution in [2.45, 2.75) is 19.6 Å². The van der Waals surface area contributed by atoms with Gasteiger partial charge in [-0.15, -0.1) is 0 Å². The van der Waals surface area contributed by atoms with Gasteiger partial charge < -0.3 is 18.9 Å².